The second-order valence-electron chi connectivity index (χ2n) is 7.59. The molecule has 0 saturated carbocycles. The zero-order valence-electron chi connectivity index (χ0n) is 18.3. The molecule has 0 bridgehead atoms. The van der Waals surface area contributed by atoms with E-state index in [0.29, 0.717) is 30.4 Å². The number of anilines is 1. The highest BCUT2D eigenvalue weighted by molar-refractivity contribution is 5.79. The van der Waals surface area contributed by atoms with Crippen molar-refractivity contribution in [2.45, 2.75) is 19.3 Å². The number of carbonyl (C=O) groups is 1. The highest BCUT2D eigenvalue weighted by Crippen LogP contribution is 2.27. The topological polar surface area (TPSA) is 107 Å². The highest BCUT2D eigenvalue weighted by atomic mass is 16.5. The minimum atomic E-state index is -0.0843. The molecule has 1 fully saturated rings. The van der Waals surface area contributed by atoms with Crippen LogP contribution in [0.2, 0.25) is 0 Å². The highest BCUT2D eigenvalue weighted by Gasteiger charge is 2.26. The predicted molar refractivity (Wildman–Crippen MR) is 118 cm³/mol. The van der Waals surface area contributed by atoms with E-state index in [2.05, 4.69) is 30.3 Å². The lowest BCUT2D eigenvalue weighted by Crippen LogP contribution is -2.43. The summed E-state index contributed by atoms with van der Waals surface area (Å²) in [5.74, 6) is 2.80. The van der Waals surface area contributed by atoms with Crippen molar-refractivity contribution in [3.8, 4) is 17.3 Å². The van der Waals surface area contributed by atoms with E-state index in [9.17, 15) is 4.79 Å². The lowest BCUT2D eigenvalue weighted by molar-refractivity contribution is -0.125. The van der Waals surface area contributed by atoms with Gasteiger partial charge in [-0.25, -0.2) is 19.6 Å². The summed E-state index contributed by atoms with van der Waals surface area (Å²) in [4.78, 5) is 27.5. The molecular formula is C22H27N7O3. The first-order valence-corrected chi connectivity index (χ1v) is 10.6. The van der Waals surface area contributed by atoms with E-state index in [1.54, 1.807) is 25.2 Å². The summed E-state index contributed by atoms with van der Waals surface area (Å²) in [6.07, 6.45) is 7.08. The Bertz CT molecular complexity index is 1040. The van der Waals surface area contributed by atoms with Crippen LogP contribution in [0.5, 0.6) is 11.5 Å². The molecule has 3 aromatic rings. The van der Waals surface area contributed by atoms with Crippen LogP contribution in [0, 0.1) is 5.92 Å². The van der Waals surface area contributed by atoms with Crippen LogP contribution in [0.3, 0.4) is 0 Å². The molecule has 4 rings (SSSR count). The van der Waals surface area contributed by atoms with Crippen molar-refractivity contribution in [1.82, 2.24) is 30.0 Å². The molecule has 0 spiro atoms. The van der Waals surface area contributed by atoms with Gasteiger partial charge in [-0.2, -0.15) is 5.10 Å². The molecular weight excluding hydrogens is 410 g/mol. The maximum atomic E-state index is 12.8. The second kappa shape index (κ2) is 10.1. The van der Waals surface area contributed by atoms with Crippen LogP contribution in [-0.2, 0) is 11.2 Å². The standard InChI is InChI=1S/C22H27N7O3/c1-31-18-6-5-16(10-19(18)32-2)7-8-24-22(30)17-4-3-9-28(12-17)20-11-21(26-14-25-20)29-15-23-13-27-29/h5-6,10-11,13-15,17H,3-4,7-9,12H2,1-2H3,(H,24,30)/t17-/m1/s1. The average molecular weight is 438 g/mol. The molecule has 32 heavy (non-hydrogen) atoms. The zero-order valence-corrected chi connectivity index (χ0v) is 18.3. The molecule has 1 saturated heterocycles. The number of methoxy groups -OCH3 is 2. The number of aromatic nitrogens is 5. The summed E-state index contributed by atoms with van der Waals surface area (Å²) in [7, 11) is 3.23. The summed E-state index contributed by atoms with van der Waals surface area (Å²) >= 11 is 0. The van der Waals surface area contributed by atoms with Crippen molar-refractivity contribution in [2.24, 2.45) is 5.92 Å². The molecule has 10 heteroatoms. The monoisotopic (exact) mass is 437 g/mol. The number of ether oxygens (including phenoxy) is 2. The van der Waals surface area contributed by atoms with E-state index in [1.807, 2.05) is 24.3 Å². The molecule has 1 aromatic carbocycles. The van der Waals surface area contributed by atoms with E-state index in [0.717, 1.165) is 37.2 Å². The Labute approximate surface area is 186 Å². The van der Waals surface area contributed by atoms with Crippen molar-refractivity contribution < 1.29 is 14.3 Å². The van der Waals surface area contributed by atoms with Gasteiger partial charge in [0.25, 0.3) is 0 Å². The van der Waals surface area contributed by atoms with Gasteiger partial charge in [0.15, 0.2) is 17.3 Å². The summed E-state index contributed by atoms with van der Waals surface area (Å²) in [6.45, 7) is 2.04. The van der Waals surface area contributed by atoms with Crippen LogP contribution in [0.4, 0.5) is 5.82 Å². The molecule has 1 atom stereocenters. The minimum absolute atomic E-state index is 0.0701. The number of benzene rings is 1. The van der Waals surface area contributed by atoms with Gasteiger partial charge < -0.3 is 19.7 Å². The molecule has 0 unspecified atom stereocenters. The van der Waals surface area contributed by atoms with E-state index in [-0.39, 0.29) is 11.8 Å². The van der Waals surface area contributed by atoms with E-state index in [1.165, 1.54) is 12.7 Å². The SMILES string of the molecule is COc1ccc(CCNC(=O)[C@@H]2CCCN(c3cc(-n4cncn4)ncn3)C2)cc1OC. The molecule has 0 radical (unpaired) electrons. The normalized spacial score (nSPS) is 15.9. The van der Waals surface area contributed by atoms with E-state index < -0.39 is 0 Å². The average Bonchev–Trinajstić information content (AvgIpc) is 3.39. The number of nitrogens with one attached hydrogen (secondary N) is 1. The molecule has 1 aliphatic rings. The Hall–Kier alpha value is -3.69. The van der Waals surface area contributed by atoms with Crippen LogP contribution < -0.4 is 19.7 Å². The van der Waals surface area contributed by atoms with Gasteiger partial charge >= 0.3 is 0 Å². The third kappa shape index (κ3) is 4.96. The number of rotatable bonds is 8. The quantitative estimate of drug-likeness (QED) is 0.567. The summed E-state index contributed by atoms with van der Waals surface area (Å²) in [5, 5.41) is 7.19. The van der Waals surface area contributed by atoms with E-state index in [4.69, 9.17) is 9.47 Å². The number of carbonyl (C=O) groups excluding carboxylic acids is 1. The minimum Gasteiger partial charge on any atom is -0.493 e. The fourth-order valence-corrected chi connectivity index (χ4v) is 3.87. The lowest BCUT2D eigenvalue weighted by atomic mass is 9.97. The smallest absolute Gasteiger partial charge is 0.224 e. The van der Waals surface area contributed by atoms with E-state index >= 15 is 0 Å². The molecule has 3 heterocycles. The Morgan fingerprint density at radius 3 is 2.75 bits per heavy atom. The number of hydrogen-bond donors (Lipinski definition) is 1. The van der Waals surface area contributed by atoms with Crippen molar-refractivity contribution in [2.75, 3.05) is 38.8 Å². The zero-order chi connectivity index (χ0) is 22.3. The van der Waals surface area contributed by atoms with Gasteiger partial charge in [-0.1, -0.05) is 6.07 Å². The van der Waals surface area contributed by atoms with Crippen LogP contribution in [0.1, 0.15) is 18.4 Å². The molecule has 10 nitrogen and oxygen atoms in total. The Morgan fingerprint density at radius 2 is 1.97 bits per heavy atom. The summed E-state index contributed by atoms with van der Waals surface area (Å²) < 4.78 is 12.2. The van der Waals surface area contributed by atoms with Gasteiger partial charge in [0.1, 0.15) is 24.8 Å². The molecule has 168 valence electrons. The third-order valence-corrected chi connectivity index (χ3v) is 5.57. The fraction of sp³-hybridized carbons (Fsp3) is 0.409. The second-order valence-corrected chi connectivity index (χ2v) is 7.59. The lowest BCUT2D eigenvalue weighted by Gasteiger charge is -2.32. The Kier molecular flexibility index (Phi) is 6.78. The first-order valence-electron chi connectivity index (χ1n) is 10.6. The van der Waals surface area contributed by atoms with Crippen LogP contribution in [-0.4, -0.2) is 64.5 Å². The molecule has 1 amide bonds. The number of piperidine rings is 1. The van der Waals surface area contributed by atoms with Crippen LogP contribution in [0.25, 0.3) is 5.82 Å². The maximum absolute atomic E-state index is 12.8. The largest absolute Gasteiger partial charge is 0.493 e. The Balaban J connectivity index is 1.33. The maximum Gasteiger partial charge on any atom is 0.224 e. The van der Waals surface area contributed by atoms with Gasteiger partial charge in [0.05, 0.1) is 20.1 Å². The van der Waals surface area contributed by atoms with Crippen LogP contribution >= 0.6 is 0 Å². The van der Waals surface area contributed by atoms with Crippen molar-refractivity contribution >= 4 is 11.7 Å². The van der Waals surface area contributed by atoms with Crippen LogP contribution in [0.15, 0.2) is 43.2 Å². The molecule has 2 aromatic heterocycles. The summed E-state index contributed by atoms with van der Waals surface area (Å²) in [5.41, 5.74) is 1.08. The van der Waals surface area contributed by atoms with Gasteiger partial charge in [0.2, 0.25) is 5.91 Å². The van der Waals surface area contributed by atoms with Crippen molar-refractivity contribution in [3.63, 3.8) is 0 Å². The molecule has 1 N–H and O–H groups in total. The number of hydrogen-bond acceptors (Lipinski definition) is 8. The first kappa shape index (κ1) is 21.5. The molecule has 1 aliphatic heterocycles. The van der Waals surface area contributed by atoms with Gasteiger partial charge in [-0.15, -0.1) is 0 Å². The third-order valence-electron chi connectivity index (χ3n) is 5.57. The first-order chi connectivity index (χ1) is 15.7. The van der Waals surface area contributed by atoms with Crippen molar-refractivity contribution in [3.05, 3.63) is 48.8 Å². The van der Waals surface area contributed by atoms with Gasteiger partial charge in [0, 0.05) is 25.7 Å². The fourth-order valence-electron chi connectivity index (χ4n) is 3.87. The Morgan fingerprint density at radius 1 is 1.12 bits per heavy atom. The predicted octanol–water partition coefficient (Wildman–Crippen LogP) is 1.65. The summed E-state index contributed by atoms with van der Waals surface area (Å²) in [6, 6.07) is 7.67. The van der Waals surface area contributed by atoms with Gasteiger partial charge in [-0.05, 0) is 37.0 Å². The van der Waals surface area contributed by atoms with Gasteiger partial charge in [-0.3, -0.25) is 4.79 Å². The number of amides is 1. The van der Waals surface area contributed by atoms with Crippen molar-refractivity contribution in [1.29, 1.82) is 0 Å². The number of nitrogens with zero attached hydrogens (tertiary/aromatic N) is 6. The molecule has 0 aliphatic carbocycles.